The van der Waals surface area contributed by atoms with Crippen LogP contribution in [0.3, 0.4) is 0 Å². The summed E-state index contributed by atoms with van der Waals surface area (Å²) in [7, 11) is 0. The summed E-state index contributed by atoms with van der Waals surface area (Å²) < 4.78 is 10.4. The summed E-state index contributed by atoms with van der Waals surface area (Å²) in [5, 5.41) is 0. The van der Waals surface area contributed by atoms with Crippen molar-refractivity contribution in [3.63, 3.8) is 0 Å². The van der Waals surface area contributed by atoms with Gasteiger partial charge in [0.1, 0.15) is 11.5 Å². The third-order valence-electron chi connectivity index (χ3n) is 3.41. The molecule has 0 heterocycles. The zero-order valence-corrected chi connectivity index (χ0v) is 15.1. The molecule has 128 valence electrons. The van der Waals surface area contributed by atoms with Gasteiger partial charge in [-0.25, -0.2) is 4.79 Å². The van der Waals surface area contributed by atoms with Crippen LogP contribution in [0.4, 0.5) is 0 Å². The first-order valence-corrected chi connectivity index (χ1v) is 8.53. The third kappa shape index (κ3) is 7.08. The van der Waals surface area contributed by atoms with E-state index in [1.165, 1.54) is 5.56 Å². The molecule has 5 heteroatoms. The maximum absolute atomic E-state index is 12.1. The van der Waals surface area contributed by atoms with Crippen molar-refractivity contribution >= 4 is 24.6 Å². The number of esters is 2. The number of thiol groups is 1. The molecule has 1 rings (SSSR count). The van der Waals surface area contributed by atoms with Crippen molar-refractivity contribution in [2.24, 2.45) is 5.92 Å². The summed E-state index contributed by atoms with van der Waals surface area (Å²) in [6.07, 6.45) is 2.11. The molecule has 3 atom stereocenters. The van der Waals surface area contributed by atoms with E-state index in [1.807, 2.05) is 12.1 Å². The van der Waals surface area contributed by atoms with E-state index in [4.69, 9.17) is 9.47 Å². The Morgan fingerprint density at radius 3 is 2.22 bits per heavy atom. The molecule has 0 aromatic heterocycles. The quantitative estimate of drug-likeness (QED) is 0.442. The topological polar surface area (TPSA) is 52.6 Å². The molecule has 0 aliphatic heterocycles. The summed E-state index contributed by atoms with van der Waals surface area (Å²) in [6.45, 7) is 7.32. The van der Waals surface area contributed by atoms with Crippen LogP contribution in [0.2, 0.25) is 0 Å². The molecule has 3 unspecified atom stereocenters. The number of carbonyl (C=O) groups is 2. The molecule has 0 spiro atoms. The van der Waals surface area contributed by atoms with E-state index < -0.39 is 5.44 Å². The molecule has 4 nitrogen and oxygen atoms in total. The highest BCUT2D eigenvalue weighted by Crippen LogP contribution is 2.15. The lowest BCUT2D eigenvalue weighted by Gasteiger charge is -2.18. The minimum atomic E-state index is -0.440. The lowest BCUT2D eigenvalue weighted by Crippen LogP contribution is -2.24. The van der Waals surface area contributed by atoms with Crippen LogP contribution in [0.15, 0.2) is 24.3 Å². The predicted molar refractivity (Wildman–Crippen MR) is 93.6 cm³/mol. The van der Waals surface area contributed by atoms with Gasteiger partial charge in [0.05, 0.1) is 11.5 Å². The first-order chi connectivity index (χ1) is 10.8. The number of ether oxygens (including phenoxy) is 2. The summed E-state index contributed by atoms with van der Waals surface area (Å²) in [6, 6.07) is 7.44. The maximum atomic E-state index is 12.1. The number of hydrogen-bond acceptors (Lipinski definition) is 5. The molecule has 0 radical (unpaired) electrons. The molecule has 23 heavy (non-hydrogen) atoms. The Balaban J connectivity index is 2.51. The van der Waals surface area contributed by atoms with Crippen molar-refractivity contribution < 1.29 is 19.1 Å². The highest BCUT2D eigenvalue weighted by molar-refractivity contribution is 7.80. The Labute approximate surface area is 144 Å². The van der Waals surface area contributed by atoms with Gasteiger partial charge in [0.15, 0.2) is 0 Å². The maximum Gasteiger partial charge on any atom is 0.338 e. The number of benzene rings is 1. The molecule has 0 fully saturated rings. The second-order valence-electron chi connectivity index (χ2n) is 5.84. The smallest absolute Gasteiger partial charge is 0.338 e. The van der Waals surface area contributed by atoms with Crippen LogP contribution >= 0.6 is 12.6 Å². The zero-order chi connectivity index (χ0) is 17.4. The van der Waals surface area contributed by atoms with Crippen LogP contribution in [0.5, 0.6) is 0 Å². The molecular formula is C18H26O4S. The van der Waals surface area contributed by atoms with Gasteiger partial charge in [0.2, 0.25) is 0 Å². The normalized spacial score (nSPS) is 14.7. The highest BCUT2D eigenvalue weighted by Gasteiger charge is 2.21. The largest absolute Gasteiger partial charge is 0.459 e. The Morgan fingerprint density at radius 1 is 1.09 bits per heavy atom. The third-order valence-corrected chi connectivity index (χ3v) is 3.52. The summed E-state index contributed by atoms with van der Waals surface area (Å²) in [5.41, 5.74) is 1.29. The molecule has 1 aromatic carbocycles. The number of carbonyl (C=O) groups excluding carboxylic acids is 2. The van der Waals surface area contributed by atoms with Crippen molar-refractivity contribution in [1.82, 2.24) is 0 Å². The van der Waals surface area contributed by atoms with E-state index in [0.717, 1.165) is 12.8 Å². The van der Waals surface area contributed by atoms with Gasteiger partial charge in [0.25, 0.3) is 0 Å². The van der Waals surface area contributed by atoms with E-state index in [2.05, 4.69) is 19.6 Å². The number of rotatable bonds is 8. The highest BCUT2D eigenvalue weighted by atomic mass is 32.1. The fraction of sp³-hybridized carbons (Fsp3) is 0.556. The van der Waals surface area contributed by atoms with E-state index in [0.29, 0.717) is 12.0 Å². The molecule has 0 aliphatic rings. The molecular weight excluding hydrogens is 312 g/mol. The molecule has 0 amide bonds. The summed E-state index contributed by atoms with van der Waals surface area (Å²) >= 11 is 4.02. The van der Waals surface area contributed by atoms with Crippen LogP contribution in [-0.2, 0) is 20.7 Å². The van der Waals surface area contributed by atoms with Gasteiger partial charge in [-0.05, 0) is 44.4 Å². The van der Waals surface area contributed by atoms with Crippen molar-refractivity contribution in [2.45, 2.75) is 58.5 Å². The lowest BCUT2D eigenvalue weighted by molar-refractivity contribution is -0.149. The Kier molecular flexibility index (Phi) is 8.17. The van der Waals surface area contributed by atoms with Crippen molar-refractivity contribution in [3.05, 3.63) is 35.4 Å². The zero-order valence-electron chi connectivity index (χ0n) is 14.2. The minimum Gasteiger partial charge on any atom is -0.459 e. The van der Waals surface area contributed by atoms with E-state index >= 15 is 0 Å². The second kappa shape index (κ2) is 9.60. The summed E-state index contributed by atoms with van der Waals surface area (Å²) in [5.74, 6) is -1.05. The monoisotopic (exact) mass is 338 g/mol. The number of aryl methyl sites for hydroxylation is 1. The first-order valence-electron chi connectivity index (χ1n) is 8.02. The SMILES string of the molecule is CCCc1ccc(C(=O)OC(C)CC(C)C(=O)OC(C)S)cc1. The molecule has 0 bridgehead atoms. The average Bonchev–Trinajstić information content (AvgIpc) is 2.47. The fourth-order valence-corrected chi connectivity index (χ4v) is 2.38. The van der Waals surface area contributed by atoms with Crippen LogP contribution in [0.1, 0.15) is 56.5 Å². The Morgan fingerprint density at radius 2 is 1.70 bits per heavy atom. The standard InChI is InChI=1S/C18H26O4S/c1-5-6-15-7-9-16(10-8-15)18(20)21-13(3)11-12(2)17(19)22-14(4)23/h7-10,12-14,23H,5-6,11H2,1-4H3. The predicted octanol–water partition coefficient (Wildman–Crippen LogP) is 4.03. The van der Waals surface area contributed by atoms with E-state index in [9.17, 15) is 9.59 Å². The van der Waals surface area contributed by atoms with Crippen molar-refractivity contribution in [2.75, 3.05) is 0 Å². The van der Waals surface area contributed by atoms with Crippen LogP contribution in [-0.4, -0.2) is 23.5 Å². The van der Waals surface area contributed by atoms with Crippen molar-refractivity contribution in [3.8, 4) is 0 Å². The van der Waals surface area contributed by atoms with Crippen LogP contribution in [0.25, 0.3) is 0 Å². The van der Waals surface area contributed by atoms with Gasteiger partial charge in [-0.2, -0.15) is 0 Å². The second-order valence-corrected chi connectivity index (χ2v) is 6.56. The van der Waals surface area contributed by atoms with Gasteiger partial charge in [0, 0.05) is 0 Å². The van der Waals surface area contributed by atoms with Crippen molar-refractivity contribution in [1.29, 1.82) is 0 Å². The molecule has 0 saturated heterocycles. The van der Waals surface area contributed by atoms with Gasteiger partial charge < -0.3 is 9.47 Å². The first kappa shape index (κ1) is 19.6. The van der Waals surface area contributed by atoms with Gasteiger partial charge in [-0.15, -0.1) is 12.6 Å². The average molecular weight is 338 g/mol. The molecule has 0 saturated carbocycles. The van der Waals surface area contributed by atoms with E-state index in [1.54, 1.807) is 32.9 Å². The molecule has 1 aromatic rings. The Bertz CT molecular complexity index is 510. The van der Waals surface area contributed by atoms with Gasteiger partial charge >= 0.3 is 11.9 Å². The van der Waals surface area contributed by atoms with E-state index in [-0.39, 0.29) is 24.0 Å². The fourth-order valence-electron chi connectivity index (χ4n) is 2.27. The van der Waals surface area contributed by atoms with Crippen LogP contribution < -0.4 is 0 Å². The number of hydrogen-bond donors (Lipinski definition) is 1. The Hall–Kier alpha value is -1.49. The minimum absolute atomic E-state index is 0.334. The molecule has 0 N–H and O–H groups in total. The van der Waals surface area contributed by atoms with Gasteiger partial charge in [-0.3, -0.25) is 4.79 Å². The lowest BCUT2D eigenvalue weighted by atomic mass is 10.0. The molecule has 0 aliphatic carbocycles. The van der Waals surface area contributed by atoms with Crippen LogP contribution in [0, 0.1) is 5.92 Å². The van der Waals surface area contributed by atoms with Gasteiger partial charge in [-0.1, -0.05) is 32.4 Å². The summed E-state index contributed by atoms with van der Waals surface area (Å²) in [4.78, 5) is 23.8.